The van der Waals surface area contributed by atoms with Gasteiger partial charge in [0, 0.05) is 30.1 Å². The van der Waals surface area contributed by atoms with Gasteiger partial charge in [0.15, 0.2) is 0 Å². The van der Waals surface area contributed by atoms with E-state index in [0.29, 0.717) is 17.2 Å². The number of rotatable bonds is 4. The van der Waals surface area contributed by atoms with Gasteiger partial charge < -0.3 is 4.74 Å². The molecule has 2 rings (SSSR count). The molecule has 0 saturated heterocycles. The van der Waals surface area contributed by atoms with Crippen molar-refractivity contribution in [3.05, 3.63) is 46.4 Å². The quantitative estimate of drug-likeness (QED) is 0.810. The summed E-state index contributed by atoms with van der Waals surface area (Å²) in [5, 5.41) is 1.25. The summed E-state index contributed by atoms with van der Waals surface area (Å²) in [4.78, 5) is 23.7. The Labute approximate surface area is 124 Å². The Morgan fingerprint density at radius 2 is 2.10 bits per heavy atom. The van der Waals surface area contributed by atoms with Crippen LogP contribution in [-0.2, 0) is 9.53 Å². The van der Waals surface area contributed by atoms with Crippen molar-refractivity contribution in [3.8, 4) is 0 Å². The number of carbonyl (C=O) groups is 1. The lowest BCUT2D eigenvalue weighted by Crippen LogP contribution is -2.20. The lowest BCUT2D eigenvalue weighted by atomic mass is 10.0. The molecule has 1 heterocycles. The van der Waals surface area contributed by atoms with Gasteiger partial charge in [0.1, 0.15) is 6.10 Å². The molecule has 0 saturated carbocycles. The minimum absolute atomic E-state index is 0.0252. The Bertz CT molecular complexity index is 716. The zero-order valence-electron chi connectivity index (χ0n) is 12.8. The van der Waals surface area contributed by atoms with E-state index in [9.17, 15) is 9.59 Å². The van der Waals surface area contributed by atoms with Crippen LogP contribution in [0.15, 0.2) is 23.0 Å². The van der Waals surface area contributed by atoms with Gasteiger partial charge in [-0.05, 0) is 32.4 Å². The second-order valence-corrected chi connectivity index (χ2v) is 5.28. The standard InChI is InChI=1S/C17H19NO3/c1-5-16(21-12(4)19)14-7-6-8-15-13(14)9-10-18(11(2)3)17(15)20/h6-8,11,16H,5H2,1-4H3. The third kappa shape index (κ3) is 2.92. The number of benzene rings is 1. The molecule has 0 bridgehead atoms. The summed E-state index contributed by atoms with van der Waals surface area (Å²) >= 11 is 0. The zero-order valence-corrected chi connectivity index (χ0v) is 12.8. The Morgan fingerprint density at radius 3 is 2.67 bits per heavy atom. The van der Waals surface area contributed by atoms with Gasteiger partial charge >= 0.3 is 5.97 Å². The Morgan fingerprint density at radius 1 is 1.38 bits per heavy atom. The van der Waals surface area contributed by atoms with E-state index < -0.39 is 0 Å². The molecule has 0 amide bonds. The van der Waals surface area contributed by atoms with E-state index in [1.807, 2.05) is 32.9 Å². The fourth-order valence-corrected chi connectivity index (χ4v) is 2.38. The van der Waals surface area contributed by atoms with Gasteiger partial charge in [-0.15, -0.1) is 0 Å². The fourth-order valence-electron chi connectivity index (χ4n) is 2.38. The highest BCUT2D eigenvalue weighted by molar-refractivity contribution is 5.84. The van der Waals surface area contributed by atoms with Crippen LogP contribution in [0.5, 0.6) is 0 Å². The first kappa shape index (κ1) is 15.1. The van der Waals surface area contributed by atoms with Crippen molar-refractivity contribution in [2.45, 2.75) is 46.3 Å². The smallest absolute Gasteiger partial charge is 0.303 e. The highest BCUT2D eigenvalue weighted by atomic mass is 16.5. The van der Waals surface area contributed by atoms with E-state index in [1.165, 1.54) is 11.5 Å². The van der Waals surface area contributed by atoms with Gasteiger partial charge in [-0.3, -0.25) is 14.2 Å². The molecule has 0 aliphatic rings. The first-order valence-corrected chi connectivity index (χ1v) is 7.11. The largest absolute Gasteiger partial charge is 0.458 e. The van der Waals surface area contributed by atoms with Gasteiger partial charge in [0.25, 0.3) is 5.56 Å². The van der Waals surface area contributed by atoms with Crippen LogP contribution < -0.4 is 5.56 Å². The van der Waals surface area contributed by atoms with Gasteiger partial charge in [-0.1, -0.05) is 19.1 Å². The molecule has 1 aromatic carbocycles. The van der Waals surface area contributed by atoms with Crippen LogP contribution in [0, 0.1) is 12.3 Å². The topological polar surface area (TPSA) is 48.3 Å². The number of ether oxygens (including phenoxy) is 1. The normalized spacial score (nSPS) is 12.2. The van der Waals surface area contributed by atoms with Crippen molar-refractivity contribution in [2.24, 2.45) is 0 Å². The van der Waals surface area contributed by atoms with E-state index >= 15 is 0 Å². The number of hydrogen-bond acceptors (Lipinski definition) is 3. The first-order chi connectivity index (χ1) is 9.95. The minimum atomic E-state index is -0.370. The zero-order chi connectivity index (χ0) is 15.6. The van der Waals surface area contributed by atoms with Crippen molar-refractivity contribution in [3.63, 3.8) is 0 Å². The maximum Gasteiger partial charge on any atom is 0.303 e. The number of aromatic nitrogens is 1. The van der Waals surface area contributed by atoms with Crippen molar-refractivity contribution < 1.29 is 9.53 Å². The summed E-state index contributed by atoms with van der Waals surface area (Å²) < 4.78 is 6.86. The predicted molar refractivity (Wildman–Crippen MR) is 81.1 cm³/mol. The van der Waals surface area contributed by atoms with Crippen LogP contribution in [0.2, 0.25) is 0 Å². The summed E-state index contributed by atoms with van der Waals surface area (Å²) in [5.41, 5.74) is 0.702. The van der Waals surface area contributed by atoms with Gasteiger partial charge in [0.2, 0.25) is 0 Å². The van der Waals surface area contributed by atoms with Crippen molar-refractivity contribution >= 4 is 16.7 Å². The average Bonchev–Trinajstić information content (AvgIpc) is 2.44. The molecule has 0 aliphatic heterocycles. The maximum absolute atomic E-state index is 12.5. The summed E-state index contributed by atoms with van der Waals surface area (Å²) in [6, 6.07) is 8.51. The third-order valence-corrected chi connectivity index (χ3v) is 3.39. The molecule has 0 N–H and O–H groups in total. The molecule has 0 radical (unpaired) electrons. The summed E-state index contributed by atoms with van der Waals surface area (Å²) in [5.74, 6) is -0.335. The van der Waals surface area contributed by atoms with Crippen LogP contribution in [-0.4, -0.2) is 10.5 Å². The number of fused-ring (bicyclic) bond motifs is 1. The number of hydrogen-bond donors (Lipinski definition) is 0. The Hall–Kier alpha value is -2.28. The van der Waals surface area contributed by atoms with Crippen molar-refractivity contribution in [1.82, 2.24) is 4.57 Å². The van der Waals surface area contributed by atoms with Crippen LogP contribution in [0.25, 0.3) is 10.8 Å². The number of nitrogens with zero attached hydrogens (tertiary/aromatic N) is 1. The SMILES string of the molecule is CCC(OC(C)=O)c1cccc2c(=O)n(C(C)C)c#cc12. The second kappa shape index (κ2) is 6.01. The molecule has 0 spiro atoms. The van der Waals surface area contributed by atoms with E-state index in [2.05, 4.69) is 12.3 Å². The van der Waals surface area contributed by atoms with Crippen LogP contribution in [0.4, 0.5) is 0 Å². The number of esters is 1. The maximum atomic E-state index is 12.5. The molecule has 110 valence electrons. The third-order valence-electron chi connectivity index (χ3n) is 3.39. The first-order valence-electron chi connectivity index (χ1n) is 7.11. The molecule has 1 unspecified atom stereocenters. The molecule has 4 nitrogen and oxygen atoms in total. The minimum Gasteiger partial charge on any atom is -0.458 e. The molecule has 0 fully saturated rings. The monoisotopic (exact) mass is 285 g/mol. The number of carbonyl (C=O) groups excluding carboxylic acids is 1. The van der Waals surface area contributed by atoms with Gasteiger partial charge in [-0.25, -0.2) is 0 Å². The molecule has 1 atom stereocenters. The fraction of sp³-hybridized carbons (Fsp3) is 0.412. The lowest BCUT2D eigenvalue weighted by Gasteiger charge is -2.17. The van der Waals surface area contributed by atoms with Gasteiger partial charge in [0.05, 0.1) is 5.39 Å². The second-order valence-electron chi connectivity index (χ2n) is 5.28. The van der Waals surface area contributed by atoms with Gasteiger partial charge in [-0.2, -0.15) is 0 Å². The molecule has 4 heteroatoms. The van der Waals surface area contributed by atoms with E-state index in [-0.39, 0.29) is 23.7 Å². The molecule has 1 aromatic heterocycles. The van der Waals surface area contributed by atoms with E-state index in [0.717, 1.165) is 5.56 Å². The molecular formula is C17H19NO3. The van der Waals surface area contributed by atoms with E-state index in [1.54, 1.807) is 6.07 Å². The lowest BCUT2D eigenvalue weighted by molar-refractivity contribution is -0.146. The highest BCUT2D eigenvalue weighted by Gasteiger charge is 2.17. The predicted octanol–water partition coefficient (Wildman–Crippen LogP) is 3.20. The summed E-state index contributed by atoms with van der Waals surface area (Å²) in [7, 11) is 0. The van der Waals surface area contributed by atoms with Crippen molar-refractivity contribution in [1.29, 1.82) is 0 Å². The summed E-state index contributed by atoms with van der Waals surface area (Å²) in [6.45, 7) is 7.17. The molecule has 2 aromatic rings. The van der Waals surface area contributed by atoms with Crippen LogP contribution >= 0.6 is 0 Å². The van der Waals surface area contributed by atoms with E-state index in [4.69, 9.17) is 4.74 Å². The summed E-state index contributed by atoms with van der Waals surface area (Å²) in [6.07, 6.45) is 3.16. The van der Waals surface area contributed by atoms with Crippen LogP contribution in [0.1, 0.15) is 51.8 Å². The Balaban J connectivity index is 2.64. The molecule has 0 aliphatic carbocycles. The van der Waals surface area contributed by atoms with Crippen LogP contribution in [0.3, 0.4) is 0 Å². The van der Waals surface area contributed by atoms with Crippen molar-refractivity contribution in [2.75, 3.05) is 0 Å². The molecular weight excluding hydrogens is 266 g/mol. The molecule has 21 heavy (non-hydrogen) atoms. The Kier molecular flexibility index (Phi) is 4.32. The highest BCUT2D eigenvalue weighted by Crippen LogP contribution is 2.26. The average molecular weight is 285 g/mol.